The number of nitrogens with zero attached hydrogens (tertiary/aromatic N) is 2. The van der Waals surface area contributed by atoms with E-state index in [1.54, 1.807) is 6.92 Å². The van der Waals surface area contributed by atoms with Crippen molar-refractivity contribution in [1.82, 2.24) is 15.3 Å². The van der Waals surface area contributed by atoms with Crippen molar-refractivity contribution in [2.75, 3.05) is 0 Å². The van der Waals surface area contributed by atoms with E-state index in [2.05, 4.69) is 15.3 Å². The number of benzene rings is 1. The number of amides is 1. The van der Waals surface area contributed by atoms with Gasteiger partial charge >= 0.3 is 0 Å². The minimum Gasteiger partial charge on any atom is -0.348 e. The molecule has 2 aliphatic carbocycles. The Morgan fingerprint density at radius 3 is 2.61 bits per heavy atom. The number of aryl methyl sites for hydroxylation is 2. The highest BCUT2D eigenvalue weighted by Gasteiger charge is 2.57. The first kappa shape index (κ1) is 23.3. The number of halogens is 4. The third-order valence-electron chi connectivity index (χ3n) is 6.69. The first-order chi connectivity index (χ1) is 15.6. The summed E-state index contributed by atoms with van der Waals surface area (Å²) in [5.74, 6) is -5.35. The minimum atomic E-state index is -3.09. The summed E-state index contributed by atoms with van der Waals surface area (Å²) in [5, 5.41) is 2.63. The Labute approximate surface area is 189 Å². The van der Waals surface area contributed by atoms with Crippen LogP contribution in [0.2, 0.25) is 0 Å². The fourth-order valence-electron chi connectivity index (χ4n) is 5.38. The second-order valence-electron chi connectivity index (χ2n) is 9.30. The van der Waals surface area contributed by atoms with Crippen molar-refractivity contribution in [3.63, 3.8) is 0 Å². The van der Waals surface area contributed by atoms with E-state index in [1.807, 2.05) is 0 Å². The summed E-state index contributed by atoms with van der Waals surface area (Å²) in [6.07, 6.45) is 1.86. The van der Waals surface area contributed by atoms with Gasteiger partial charge in [-0.2, -0.15) is 0 Å². The van der Waals surface area contributed by atoms with Gasteiger partial charge < -0.3 is 5.32 Å². The average molecular weight is 463 g/mol. The Balaban J connectivity index is 1.45. The molecule has 2 aliphatic rings. The van der Waals surface area contributed by atoms with Crippen LogP contribution in [0.25, 0.3) is 0 Å². The van der Waals surface area contributed by atoms with Crippen molar-refractivity contribution in [3.05, 3.63) is 59.2 Å². The fourth-order valence-corrected chi connectivity index (χ4v) is 5.38. The number of ketones is 1. The van der Waals surface area contributed by atoms with Gasteiger partial charge in [-0.05, 0) is 62.8 Å². The Kier molecular flexibility index (Phi) is 6.24. The van der Waals surface area contributed by atoms with Crippen molar-refractivity contribution >= 4 is 11.7 Å². The van der Waals surface area contributed by atoms with E-state index < -0.39 is 53.7 Å². The molecule has 5 nitrogen and oxygen atoms in total. The van der Waals surface area contributed by atoms with Crippen molar-refractivity contribution in [1.29, 1.82) is 0 Å². The van der Waals surface area contributed by atoms with E-state index in [4.69, 9.17) is 0 Å². The molecule has 2 aromatic rings. The highest BCUT2D eigenvalue weighted by Crippen LogP contribution is 2.54. The van der Waals surface area contributed by atoms with E-state index in [0.717, 1.165) is 6.07 Å². The van der Waals surface area contributed by atoms with Gasteiger partial charge in [-0.1, -0.05) is 0 Å². The van der Waals surface area contributed by atoms with Crippen LogP contribution in [-0.4, -0.2) is 33.6 Å². The van der Waals surface area contributed by atoms with Gasteiger partial charge in [-0.15, -0.1) is 0 Å². The van der Waals surface area contributed by atoms with E-state index in [0.29, 0.717) is 30.7 Å². The largest absolute Gasteiger partial charge is 0.348 e. The van der Waals surface area contributed by atoms with Crippen LogP contribution in [0, 0.1) is 29.9 Å². The smallest absolute Gasteiger partial charge is 0.270 e. The lowest BCUT2D eigenvalue weighted by molar-refractivity contribution is -0.143. The van der Waals surface area contributed by atoms with Crippen LogP contribution < -0.4 is 5.32 Å². The van der Waals surface area contributed by atoms with E-state index in [9.17, 15) is 27.2 Å². The third kappa shape index (κ3) is 5.23. The maximum absolute atomic E-state index is 14.7. The number of carbonyl (C=O) groups is 2. The molecule has 0 bridgehead atoms. The SMILES string of the molecule is Cc1nccc(C(=O)NC2CC(F)(F)C[C@]3(CCC(CCc4cc(F)cc(F)c4)C3=O)C2)n1. The molecular formula is C24H25F4N3O2. The second kappa shape index (κ2) is 8.83. The maximum atomic E-state index is 14.7. The average Bonchev–Trinajstić information content (AvgIpc) is 2.99. The lowest BCUT2D eigenvalue weighted by Crippen LogP contribution is -2.51. The summed E-state index contributed by atoms with van der Waals surface area (Å²) < 4.78 is 56.3. The second-order valence-corrected chi connectivity index (χ2v) is 9.30. The number of Topliss-reactive ketones (excluding diaryl/α,β-unsaturated/α-hetero) is 1. The Morgan fingerprint density at radius 2 is 1.91 bits per heavy atom. The molecule has 1 N–H and O–H groups in total. The Hall–Kier alpha value is -2.84. The van der Waals surface area contributed by atoms with Gasteiger partial charge in [-0.25, -0.2) is 27.5 Å². The van der Waals surface area contributed by atoms with E-state index >= 15 is 0 Å². The third-order valence-corrected chi connectivity index (χ3v) is 6.69. The molecule has 9 heteroatoms. The molecule has 0 saturated heterocycles. The van der Waals surface area contributed by atoms with Crippen molar-refractivity contribution < 1.29 is 27.2 Å². The van der Waals surface area contributed by atoms with Gasteiger partial charge in [-0.3, -0.25) is 9.59 Å². The van der Waals surface area contributed by atoms with Crippen molar-refractivity contribution in [2.45, 2.75) is 63.8 Å². The molecule has 0 radical (unpaired) electrons. The molecule has 1 aromatic heterocycles. The summed E-state index contributed by atoms with van der Waals surface area (Å²) >= 11 is 0. The molecule has 1 spiro atoms. The first-order valence-corrected chi connectivity index (χ1v) is 11.0. The maximum Gasteiger partial charge on any atom is 0.270 e. The molecule has 2 unspecified atom stereocenters. The number of hydrogen-bond acceptors (Lipinski definition) is 4. The van der Waals surface area contributed by atoms with E-state index in [1.165, 1.54) is 24.4 Å². The van der Waals surface area contributed by atoms with E-state index in [-0.39, 0.29) is 24.3 Å². The van der Waals surface area contributed by atoms with Crippen LogP contribution in [0.4, 0.5) is 17.6 Å². The zero-order chi connectivity index (χ0) is 23.8. The highest BCUT2D eigenvalue weighted by molar-refractivity contribution is 5.93. The number of rotatable bonds is 5. The number of carbonyl (C=O) groups excluding carboxylic acids is 2. The zero-order valence-electron chi connectivity index (χ0n) is 18.2. The molecule has 1 heterocycles. The van der Waals surface area contributed by atoms with Crippen molar-refractivity contribution in [3.8, 4) is 0 Å². The molecule has 176 valence electrons. The lowest BCUT2D eigenvalue weighted by Gasteiger charge is -2.41. The molecule has 2 saturated carbocycles. The van der Waals surface area contributed by atoms with Gasteiger partial charge in [0.25, 0.3) is 11.8 Å². The van der Waals surface area contributed by atoms with Gasteiger partial charge in [0.1, 0.15) is 28.9 Å². The van der Waals surface area contributed by atoms with Gasteiger partial charge in [0.15, 0.2) is 0 Å². The predicted octanol–water partition coefficient (Wildman–Crippen LogP) is 4.58. The molecule has 33 heavy (non-hydrogen) atoms. The molecule has 2 fully saturated rings. The summed E-state index contributed by atoms with van der Waals surface area (Å²) in [5.41, 5.74) is -0.692. The number of nitrogens with one attached hydrogen (secondary N) is 1. The molecule has 3 atom stereocenters. The quantitative estimate of drug-likeness (QED) is 0.659. The van der Waals surface area contributed by atoms with Crippen molar-refractivity contribution in [2.24, 2.45) is 11.3 Å². The Morgan fingerprint density at radius 1 is 1.18 bits per heavy atom. The Bertz CT molecular complexity index is 1060. The molecule has 4 rings (SSSR count). The van der Waals surface area contributed by atoms with Gasteiger partial charge in [0, 0.05) is 42.5 Å². The monoisotopic (exact) mass is 463 g/mol. The highest BCUT2D eigenvalue weighted by atomic mass is 19.3. The van der Waals surface area contributed by atoms with Crippen LogP contribution >= 0.6 is 0 Å². The first-order valence-electron chi connectivity index (χ1n) is 11.0. The zero-order valence-corrected chi connectivity index (χ0v) is 18.2. The molecule has 0 aliphatic heterocycles. The van der Waals surface area contributed by atoms with Crippen LogP contribution in [0.3, 0.4) is 0 Å². The van der Waals surface area contributed by atoms with Crippen LogP contribution in [0.5, 0.6) is 0 Å². The summed E-state index contributed by atoms with van der Waals surface area (Å²) in [4.78, 5) is 33.7. The van der Waals surface area contributed by atoms with Crippen LogP contribution in [0.15, 0.2) is 30.5 Å². The predicted molar refractivity (Wildman–Crippen MR) is 112 cm³/mol. The fraction of sp³-hybridized carbons (Fsp3) is 0.500. The summed E-state index contributed by atoms with van der Waals surface area (Å²) in [6.45, 7) is 1.62. The number of alkyl halides is 2. The number of aromatic nitrogens is 2. The van der Waals surface area contributed by atoms with Crippen LogP contribution in [-0.2, 0) is 11.2 Å². The topological polar surface area (TPSA) is 72.0 Å². The molecular weight excluding hydrogens is 438 g/mol. The minimum absolute atomic E-state index is 0.0865. The van der Waals surface area contributed by atoms with Gasteiger partial charge in [0.2, 0.25) is 0 Å². The normalized spacial score (nSPS) is 26.5. The van der Waals surface area contributed by atoms with Gasteiger partial charge in [0.05, 0.1) is 0 Å². The standard InChI is InChI=1S/C24H25F4N3O2/c1-14-29-7-5-20(30-14)22(33)31-19-11-23(13-24(27,28)12-19)6-4-16(21(23)32)3-2-15-8-17(25)10-18(26)9-15/h5,7-10,16,19H,2-4,6,11-13H2,1H3,(H,31,33)/t16?,19?,23-/m0/s1. The summed E-state index contributed by atoms with van der Waals surface area (Å²) in [7, 11) is 0. The molecule has 1 amide bonds. The molecule has 1 aromatic carbocycles. The number of hydrogen-bond donors (Lipinski definition) is 1. The van der Waals surface area contributed by atoms with Crippen LogP contribution in [0.1, 0.15) is 60.4 Å². The summed E-state index contributed by atoms with van der Waals surface area (Å²) in [6, 6.07) is 3.75. The lowest BCUT2D eigenvalue weighted by atomic mass is 9.68.